The molecule has 9 nitrogen and oxygen atoms in total. The van der Waals surface area contributed by atoms with E-state index in [2.05, 4.69) is 10.1 Å². The number of methoxy groups -OCH3 is 1. The molecule has 10 heteroatoms. The molecular formula is C20H25N3O6S. The van der Waals surface area contributed by atoms with Crippen molar-refractivity contribution in [2.24, 2.45) is 7.05 Å². The average molecular weight is 436 g/mol. The number of benzene rings is 1. The van der Waals surface area contributed by atoms with Gasteiger partial charge in [-0.3, -0.25) is 4.79 Å². The highest BCUT2D eigenvalue weighted by Crippen LogP contribution is 2.28. The fourth-order valence-electron chi connectivity index (χ4n) is 3.43. The first kappa shape index (κ1) is 21.8. The molecule has 0 aliphatic carbocycles. The van der Waals surface area contributed by atoms with Crippen LogP contribution >= 0.6 is 0 Å². The van der Waals surface area contributed by atoms with Crippen molar-refractivity contribution in [3.63, 3.8) is 0 Å². The Morgan fingerprint density at radius 3 is 2.57 bits per heavy atom. The van der Waals surface area contributed by atoms with Gasteiger partial charge in [0.05, 0.1) is 13.7 Å². The highest BCUT2D eigenvalue weighted by Gasteiger charge is 2.40. The van der Waals surface area contributed by atoms with Gasteiger partial charge < -0.3 is 19.4 Å². The van der Waals surface area contributed by atoms with E-state index in [1.807, 2.05) is 6.92 Å². The molecule has 1 atom stereocenters. The molecule has 2 heterocycles. The van der Waals surface area contributed by atoms with Crippen LogP contribution in [0.1, 0.15) is 30.3 Å². The smallest absolute Gasteiger partial charge is 0.354 e. The maximum atomic E-state index is 13.2. The van der Waals surface area contributed by atoms with Crippen LogP contribution in [0.5, 0.6) is 5.75 Å². The molecular weight excluding hydrogens is 410 g/mol. The first-order chi connectivity index (χ1) is 14.3. The zero-order chi connectivity index (χ0) is 21.9. The van der Waals surface area contributed by atoms with Crippen LogP contribution in [-0.4, -0.2) is 55.5 Å². The van der Waals surface area contributed by atoms with Crippen LogP contribution in [0, 0.1) is 0 Å². The quantitative estimate of drug-likeness (QED) is 0.667. The fraction of sp³-hybridized carbons (Fsp3) is 0.400. The average Bonchev–Trinajstić information content (AvgIpc) is 3.37. The number of nitrogens with zero attached hydrogens (tertiary/aromatic N) is 2. The lowest BCUT2D eigenvalue weighted by Gasteiger charge is -2.23. The van der Waals surface area contributed by atoms with E-state index in [1.54, 1.807) is 31.3 Å². The molecule has 1 aromatic carbocycles. The molecule has 2 aromatic rings. The van der Waals surface area contributed by atoms with Crippen LogP contribution in [0.2, 0.25) is 0 Å². The van der Waals surface area contributed by atoms with E-state index in [0.717, 1.165) is 0 Å². The van der Waals surface area contributed by atoms with Crippen molar-refractivity contribution in [2.45, 2.75) is 30.7 Å². The monoisotopic (exact) mass is 435 g/mol. The predicted molar refractivity (Wildman–Crippen MR) is 110 cm³/mol. The number of ether oxygens (including phenoxy) is 2. The third-order valence-electron chi connectivity index (χ3n) is 4.92. The number of hydrogen-bond acceptors (Lipinski definition) is 6. The molecule has 1 aliphatic heterocycles. The van der Waals surface area contributed by atoms with Gasteiger partial charge in [-0.2, -0.15) is 4.31 Å². The number of carbonyl (C=O) groups is 2. The van der Waals surface area contributed by atoms with Gasteiger partial charge >= 0.3 is 5.97 Å². The number of nitrogens with one attached hydrogen (secondary N) is 1. The topological polar surface area (TPSA) is 107 Å². The first-order valence-corrected chi connectivity index (χ1v) is 11.0. The van der Waals surface area contributed by atoms with Gasteiger partial charge in [0.1, 0.15) is 22.4 Å². The summed E-state index contributed by atoms with van der Waals surface area (Å²) in [6.45, 7) is 2.65. The Kier molecular flexibility index (Phi) is 6.47. The van der Waals surface area contributed by atoms with Crippen molar-refractivity contribution in [1.29, 1.82) is 0 Å². The number of amides is 1. The van der Waals surface area contributed by atoms with Crippen LogP contribution in [0.4, 0.5) is 5.69 Å². The largest absolute Gasteiger partial charge is 0.494 e. The molecule has 3 rings (SSSR count). The minimum atomic E-state index is -3.96. The second-order valence-corrected chi connectivity index (χ2v) is 8.77. The number of sulfonamides is 1. The molecule has 1 aliphatic rings. The molecule has 162 valence electrons. The lowest BCUT2D eigenvalue weighted by Crippen LogP contribution is -2.43. The standard InChI is InChI=1S/C20H25N3O6S/c1-4-29-15-9-7-14(8-10-15)21-19(24)17-6-5-11-23(17)30(26,27)16-12-18(20(25)28-3)22(2)13-16/h7-10,12-13,17H,4-6,11H2,1-3H3,(H,21,24). The summed E-state index contributed by atoms with van der Waals surface area (Å²) in [5.74, 6) is -0.347. The summed E-state index contributed by atoms with van der Waals surface area (Å²) in [6, 6.07) is 7.32. The molecule has 1 amide bonds. The SMILES string of the molecule is CCOc1ccc(NC(=O)C2CCCN2S(=O)(=O)c2cc(C(=O)OC)n(C)c2)cc1. The van der Waals surface area contributed by atoms with Crippen LogP contribution in [-0.2, 0) is 26.6 Å². The Balaban J connectivity index is 1.78. The van der Waals surface area contributed by atoms with E-state index in [1.165, 1.54) is 28.2 Å². The van der Waals surface area contributed by atoms with Gasteiger partial charge in [0.15, 0.2) is 0 Å². The number of aryl methyl sites for hydroxylation is 1. The number of hydrogen-bond donors (Lipinski definition) is 1. The highest BCUT2D eigenvalue weighted by molar-refractivity contribution is 7.89. The minimum absolute atomic E-state index is 0.0498. The van der Waals surface area contributed by atoms with E-state index < -0.39 is 27.9 Å². The lowest BCUT2D eigenvalue weighted by molar-refractivity contribution is -0.119. The Bertz CT molecular complexity index is 1030. The maximum absolute atomic E-state index is 13.2. The van der Waals surface area contributed by atoms with Gasteiger partial charge in [-0.05, 0) is 50.1 Å². The van der Waals surface area contributed by atoms with Crippen molar-refractivity contribution in [3.8, 4) is 5.75 Å². The molecule has 1 saturated heterocycles. The number of anilines is 1. The van der Waals surface area contributed by atoms with Gasteiger partial charge in [-0.15, -0.1) is 0 Å². The third-order valence-corrected chi connectivity index (χ3v) is 6.79. The number of carbonyl (C=O) groups excluding carboxylic acids is 2. The van der Waals surface area contributed by atoms with E-state index in [-0.39, 0.29) is 17.1 Å². The summed E-state index contributed by atoms with van der Waals surface area (Å²) in [5, 5.41) is 2.77. The van der Waals surface area contributed by atoms with Crippen LogP contribution in [0.3, 0.4) is 0 Å². The number of rotatable bonds is 7. The van der Waals surface area contributed by atoms with Gasteiger partial charge in [-0.1, -0.05) is 0 Å². The van der Waals surface area contributed by atoms with Gasteiger partial charge in [0, 0.05) is 25.5 Å². The first-order valence-electron chi connectivity index (χ1n) is 9.58. The van der Waals surface area contributed by atoms with Crippen molar-refractivity contribution < 1.29 is 27.5 Å². The van der Waals surface area contributed by atoms with Crippen molar-refractivity contribution in [3.05, 3.63) is 42.2 Å². The van der Waals surface area contributed by atoms with E-state index in [0.29, 0.717) is 30.9 Å². The second-order valence-electron chi connectivity index (χ2n) is 6.88. The number of aromatic nitrogens is 1. The van der Waals surface area contributed by atoms with Crippen molar-refractivity contribution in [2.75, 3.05) is 25.6 Å². The van der Waals surface area contributed by atoms with Gasteiger partial charge in [0.2, 0.25) is 15.9 Å². The molecule has 1 unspecified atom stereocenters. The predicted octanol–water partition coefficient (Wildman–Crippen LogP) is 2.00. The maximum Gasteiger partial charge on any atom is 0.354 e. The molecule has 1 fully saturated rings. The highest BCUT2D eigenvalue weighted by atomic mass is 32.2. The zero-order valence-electron chi connectivity index (χ0n) is 17.1. The molecule has 30 heavy (non-hydrogen) atoms. The third kappa shape index (κ3) is 4.34. The Hall–Kier alpha value is -2.85. The Labute approximate surface area is 175 Å². The summed E-state index contributed by atoms with van der Waals surface area (Å²) in [5.41, 5.74) is 0.672. The molecule has 1 aromatic heterocycles. The van der Waals surface area contributed by atoms with Crippen molar-refractivity contribution >= 4 is 27.6 Å². The zero-order valence-corrected chi connectivity index (χ0v) is 17.9. The number of esters is 1. The summed E-state index contributed by atoms with van der Waals surface area (Å²) >= 11 is 0. The van der Waals surface area contributed by atoms with Gasteiger partial charge in [0.25, 0.3) is 0 Å². The Morgan fingerprint density at radius 1 is 1.23 bits per heavy atom. The van der Waals surface area contributed by atoms with Crippen molar-refractivity contribution in [1.82, 2.24) is 8.87 Å². The lowest BCUT2D eigenvalue weighted by atomic mass is 10.2. The molecule has 0 radical (unpaired) electrons. The summed E-state index contributed by atoms with van der Waals surface area (Å²) in [4.78, 5) is 24.6. The summed E-state index contributed by atoms with van der Waals surface area (Å²) in [7, 11) is -1.17. The molecule has 0 saturated carbocycles. The fourth-order valence-corrected chi connectivity index (χ4v) is 5.16. The molecule has 1 N–H and O–H groups in total. The van der Waals surface area contributed by atoms with E-state index in [9.17, 15) is 18.0 Å². The van der Waals surface area contributed by atoms with E-state index in [4.69, 9.17) is 4.74 Å². The van der Waals surface area contributed by atoms with Crippen LogP contribution in [0.25, 0.3) is 0 Å². The van der Waals surface area contributed by atoms with Crippen LogP contribution in [0.15, 0.2) is 41.4 Å². The van der Waals surface area contributed by atoms with E-state index >= 15 is 0 Å². The molecule has 0 bridgehead atoms. The van der Waals surface area contributed by atoms with Gasteiger partial charge in [-0.25, -0.2) is 13.2 Å². The summed E-state index contributed by atoms with van der Waals surface area (Å²) in [6.07, 6.45) is 2.33. The normalized spacial score (nSPS) is 17.0. The van der Waals surface area contributed by atoms with Crippen LogP contribution < -0.4 is 10.1 Å². The minimum Gasteiger partial charge on any atom is -0.494 e. The second kappa shape index (κ2) is 8.88. The Morgan fingerprint density at radius 2 is 1.93 bits per heavy atom. The summed E-state index contributed by atoms with van der Waals surface area (Å²) < 4.78 is 39.0. The molecule has 0 spiro atoms.